The van der Waals surface area contributed by atoms with Crippen LogP contribution in [-0.4, -0.2) is 43.5 Å². The molecule has 0 bridgehead atoms. The minimum atomic E-state index is 0. The fourth-order valence-electron chi connectivity index (χ4n) is 2.31. The average molecular weight is 318 g/mol. The molecule has 1 aliphatic heterocycles. The van der Waals surface area contributed by atoms with E-state index in [1.807, 2.05) is 25.2 Å². The Morgan fingerprint density at radius 2 is 2.20 bits per heavy atom. The number of para-hydroxylation sites is 1. The third-order valence-corrected chi connectivity index (χ3v) is 3.81. The van der Waals surface area contributed by atoms with Crippen molar-refractivity contribution in [2.45, 2.75) is 18.9 Å². The maximum absolute atomic E-state index is 11.9. The van der Waals surface area contributed by atoms with Crippen LogP contribution >= 0.6 is 24.0 Å². The van der Waals surface area contributed by atoms with Gasteiger partial charge in [-0.2, -0.15) is 0 Å². The topological polar surface area (TPSA) is 44.4 Å². The number of amides is 1. The molecule has 4 nitrogen and oxygen atoms in total. The van der Waals surface area contributed by atoms with Gasteiger partial charge in [-0.15, -0.1) is 12.4 Å². The van der Waals surface area contributed by atoms with Crippen molar-refractivity contribution in [3.8, 4) is 0 Å². The molecular weight excluding hydrogens is 297 g/mol. The van der Waals surface area contributed by atoms with E-state index in [0.717, 1.165) is 26.1 Å². The second-order valence-electron chi connectivity index (χ2n) is 4.85. The highest BCUT2D eigenvalue weighted by Crippen LogP contribution is 2.20. The summed E-state index contributed by atoms with van der Waals surface area (Å²) in [6.45, 7) is 2.88. The minimum absolute atomic E-state index is 0. The maximum atomic E-state index is 11.9. The fourth-order valence-corrected chi connectivity index (χ4v) is 2.49. The molecule has 1 aromatic carbocycles. The van der Waals surface area contributed by atoms with E-state index in [-0.39, 0.29) is 18.3 Å². The molecule has 2 rings (SSSR count). The van der Waals surface area contributed by atoms with Crippen LogP contribution in [0.2, 0.25) is 5.02 Å². The first-order chi connectivity index (χ1) is 9.19. The molecule has 1 unspecified atom stereocenters. The third-order valence-electron chi connectivity index (χ3n) is 3.48. The monoisotopic (exact) mass is 317 g/mol. The molecule has 6 heteroatoms. The molecule has 1 heterocycles. The quantitative estimate of drug-likeness (QED) is 0.876. The van der Waals surface area contributed by atoms with E-state index in [9.17, 15) is 4.79 Å². The van der Waals surface area contributed by atoms with E-state index in [2.05, 4.69) is 15.5 Å². The van der Waals surface area contributed by atoms with Gasteiger partial charge < -0.3 is 15.5 Å². The summed E-state index contributed by atoms with van der Waals surface area (Å²) in [5.41, 5.74) is 0.684. The molecule has 1 aliphatic rings. The summed E-state index contributed by atoms with van der Waals surface area (Å²) < 4.78 is 0. The molecule has 0 saturated carbocycles. The summed E-state index contributed by atoms with van der Waals surface area (Å²) >= 11 is 6.00. The predicted molar refractivity (Wildman–Crippen MR) is 85.9 cm³/mol. The molecule has 1 saturated heterocycles. The molecule has 0 aromatic heterocycles. The standard InChI is InChI=1S/C14H20ClN3O.ClH/c1-16-11-6-8-18(10-11)9-7-14(19)17-13-5-3-2-4-12(13)15;/h2-5,11,16H,6-10H2,1H3,(H,17,19);1H. The van der Waals surface area contributed by atoms with Gasteiger partial charge in [0.15, 0.2) is 0 Å². The molecule has 1 atom stereocenters. The number of nitrogens with one attached hydrogen (secondary N) is 2. The summed E-state index contributed by atoms with van der Waals surface area (Å²) in [4.78, 5) is 14.2. The first-order valence-electron chi connectivity index (χ1n) is 6.63. The summed E-state index contributed by atoms with van der Waals surface area (Å²) in [7, 11) is 1.98. The average Bonchev–Trinajstić information content (AvgIpc) is 2.87. The molecule has 20 heavy (non-hydrogen) atoms. The Balaban J connectivity index is 0.00000200. The van der Waals surface area contributed by atoms with E-state index < -0.39 is 0 Å². The van der Waals surface area contributed by atoms with Crippen LogP contribution in [-0.2, 0) is 4.79 Å². The zero-order valence-corrected chi connectivity index (χ0v) is 13.1. The van der Waals surface area contributed by atoms with Crippen molar-refractivity contribution in [2.75, 3.05) is 32.0 Å². The SMILES string of the molecule is CNC1CCN(CCC(=O)Nc2ccccc2Cl)C1.Cl. The highest BCUT2D eigenvalue weighted by atomic mass is 35.5. The van der Waals surface area contributed by atoms with Gasteiger partial charge in [0.25, 0.3) is 0 Å². The zero-order chi connectivity index (χ0) is 13.7. The number of likely N-dealkylation sites (tertiary alicyclic amines) is 1. The van der Waals surface area contributed by atoms with Crippen molar-refractivity contribution in [3.63, 3.8) is 0 Å². The summed E-state index contributed by atoms with van der Waals surface area (Å²) in [6, 6.07) is 7.86. The summed E-state index contributed by atoms with van der Waals surface area (Å²) in [5, 5.41) is 6.69. The smallest absolute Gasteiger partial charge is 0.225 e. The van der Waals surface area contributed by atoms with E-state index in [1.165, 1.54) is 0 Å². The minimum Gasteiger partial charge on any atom is -0.325 e. The van der Waals surface area contributed by atoms with Crippen molar-refractivity contribution in [1.29, 1.82) is 0 Å². The normalized spacial score (nSPS) is 18.6. The number of anilines is 1. The Labute approximate surface area is 131 Å². The van der Waals surface area contributed by atoms with Crippen LogP contribution in [0.25, 0.3) is 0 Å². The summed E-state index contributed by atoms with van der Waals surface area (Å²) in [5.74, 6) is 0.0148. The van der Waals surface area contributed by atoms with E-state index in [1.54, 1.807) is 6.07 Å². The van der Waals surface area contributed by atoms with Crippen LogP contribution in [0.1, 0.15) is 12.8 Å². The van der Waals surface area contributed by atoms with Crippen molar-refractivity contribution < 1.29 is 4.79 Å². The molecule has 1 amide bonds. The highest BCUT2D eigenvalue weighted by molar-refractivity contribution is 6.33. The number of hydrogen-bond donors (Lipinski definition) is 2. The van der Waals surface area contributed by atoms with Gasteiger partial charge in [0.1, 0.15) is 0 Å². The largest absolute Gasteiger partial charge is 0.325 e. The van der Waals surface area contributed by atoms with Crippen LogP contribution in [0.5, 0.6) is 0 Å². The lowest BCUT2D eigenvalue weighted by atomic mass is 10.3. The van der Waals surface area contributed by atoms with E-state index >= 15 is 0 Å². The van der Waals surface area contributed by atoms with Crippen LogP contribution in [0.4, 0.5) is 5.69 Å². The number of hydrogen-bond acceptors (Lipinski definition) is 3. The molecule has 1 fully saturated rings. The van der Waals surface area contributed by atoms with Crippen LogP contribution in [0.3, 0.4) is 0 Å². The third kappa shape index (κ3) is 4.94. The van der Waals surface area contributed by atoms with Crippen molar-refractivity contribution >= 4 is 35.6 Å². The second kappa shape index (κ2) is 8.47. The number of rotatable bonds is 5. The molecule has 0 spiro atoms. The van der Waals surface area contributed by atoms with E-state index in [0.29, 0.717) is 23.2 Å². The summed E-state index contributed by atoms with van der Waals surface area (Å²) in [6.07, 6.45) is 1.66. The molecular formula is C14H21Cl2N3O. The predicted octanol–water partition coefficient (Wildman–Crippen LogP) is 2.38. The van der Waals surface area contributed by atoms with Gasteiger partial charge in [0.05, 0.1) is 10.7 Å². The van der Waals surface area contributed by atoms with Gasteiger partial charge in [-0.1, -0.05) is 23.7 Å². The number of likely N-dealkylation sites (N-methyl/N-ethyl adjacent to an activating group) is 1. The first kappa shape index (κ1) is 17.2. The molecule has 112 valence electrons. The van der Waals surface area contributed by atoms with Gasteiger partial charge in [-0.05, 0) is 32.1 Å². The Hall–Kier alpha value is -0.810. The van der Waals surface area contributed by atoms with Gasteiger partial charge >= 0.3 is 0 Å². The lowest BCUT2D eigenvalue weighted by molar-refractivity contribution is -0.116. The lowest BCUT2D eigenvalue weighted by Gasteiger charge is -2.15. The molecule has 0 aliphatic carbocycles. The van der Waals surface area contributed by atoms with Gasteiger partial charge in [-0.3, -0.25) is 4.79 Å². The van der Waals surface area contributed by atoms with E-state index in [4.69, 9.17) is 11.6 Å². The van der Waals surface area contributed by atoms with Crippen LogP contribution < -0.4 is 10.6 Å². The van der Waals surface area contributed by atoms with Crippen molar-refractivity contribution in [2.24, 2.45) is 0 Å². The number of benzene rings is 1. The Kier molecular flexibility index (Phi) is 7.30. The van der Waals surface area contributed by atoms with Crippen molar-refractivity contribution in [3.05, 3.63) is 29.3 Å². The van der Waals surface area contributed by atoms with Crippen LogP contribution in [0, 0.1) is 0 Å². The fraction of sp³-hybridized carbons (Fsp3) is 0.500. The lowest BCUT2D eigenvalue weighted by Crippen LogP contribution is -2.31. The Bertz CT molecular complexity index is 442. The van der Waals surface area contributed by atoms with Gasteiger partial charge in [0.2, 0.25) is 5.91 Å². The Morgan fingerprint density at radius 1 is 1.45 bits per heavy atom. The zero-order valence-electron chi connectivity index (χ0n) is 11.6. The van der Waals surface area contributed by atoms with Crippen LogP contribution in [0.15, 0.2) is 24.3 Å². The van der Waals surface area contributed by atoms with Gasteiger partial charge in [0, 0.05) is 25.6 Å². The second-order valence-corrected chi connectivity index (χ2v) is 5.26. The maximum Gasteiger partial charge on any atom is 0.225 e. The Morgan fingerprint density at radius 3 is 2.85 bits per heavy atom. The molecule has 2 N–H and O–H groups in total. The first-order valence-corrected chi connectivity index (χ1v) is 7.01. The number of carbonyl (C=O) groups is 1. The number of halogens is 2. The van der Waals surface area contributed by atoms with Crippen molar-refractivity contribution in [1.82, 2.24) is 10.2 Å². The molecule has 1 aromatic rings. The highest BCUT2D eigenvalue weighted by Gasteiger charge is 2.21. The number of nitrogens with zero attached hydrogens (tertiary/aromatic N) is 1. The van der Waals surface area contributed by atoms with Gasteiger partial charge in [-0.25, -0.2) is 0 Å². The number of carbonyl (C=O) groups excluding carboxylic acids is 1. The molecule has 0 radical (unpaired) electrons.